The van der Waals surface area contributed by atoms with Crippen LogP contribution in [-0.2, 0) is 6.54 Å². The molecule has 5 heteroatoms. The second-order valence-electron chi connectivity index (χ2n) is 3.88. The number of hydrogen-bond acceptors (Lipinski definition) is 3. The Balaban J connectivity index is 1.89. The first-order valence-electron chi connectivity index (χ1n) is 5.70. The Kier molecular flexibility index (Phi) is 4.16. The average molecular weight is 271 g/mol. The number of terminal acetylenes is 1. The molecule has 0 spiro atoms. The van der Waals surface area contributed by atoms with Gasteiger partial charge in [0, 0.05) is 22.3 Å². The van der Waals surface area contributed by atoms with E-state index in [-0.39, 0.29) is 6.03 Å². The highest BCUT2D eigenvalue weighted by Gasteiger charge is 2.03. The molecule has 0 fully saturated rings. The SMILES string of the molecule is C#Cc1cccc(NC(=O)NCc2cnc(C)s2)c1. The van der Waals surface area contributed by atoms with E-state index in [0.29, 0.717) is 12.2 Å². The third-order valence-electron chi connectivity index (χ3n) is 2.38. The summed E-state index contributed by atoms with van der Waals surface area (Å²) in [5.41, 5.74) is 1.41. The normalized spacial score (nSPS) is 9.68. The number of carbonyl (C=O) groups excluding carboxylic acids is 1. The minimum Gasteiger partial charge on any atom is -0.333 e. The van der Waals surface area contributed by atoms with Crippen LogP contribution in [0.4, 0.5) is 10.5 Å². The summed E-state index contributed by atoms with van der Waals surface area (Å²) in [6.07, 6.45) is 7.07. The van der Waals surface area contributed by atoms with Crippen molar-refractivity contribution in [3.05, 3.63) is 45.9 Å². The molecule has 0 saturated carbocycles. The highest BCUT2D eigenvalue weighted by Crippen LogP contribution is 2.12. The second kappa shape index (κ2) is 6.03. The van der Waals surface area contributed by atoms with Gasteiger partial charge in [-0.15, -0.1) is 17.8 Å². The first-order chi connectivity index (χ1) is 9.17. The van der Waals surface area contributed by atoms with Crippen LogP contribution in [0.3, 0.4) is 0 Å². The molecule has 0 bridgehead atoms. The minimum atomic E-state index is -0.264. The summed E-state index contributed by atoms with van der Waals surface area (Å²) < 4.78 is 0. The van der Waals surface area contributed by atoms with Gasteiger partial charge in [-0.2, -0.15) is 0 Å². The van der Waals surface area contributed by atoms with Crippen molar-refractivity contribution in [2.45, 2.75) is 13.5 Å². The number of nitrogens with zero attached hydrogens (tertiary/aromatic N) is 1. The molecule has 4 nitrogen and oxygen atoms in total. The van der Waals surface area contributed by atoms with Crippen LogP contribution in [0.2, 0.25) is 0 Å². The topological polar surface area (TPSA) is 54.0 Å². The molecule has 0 unspecified atom stereocenters. The zero-order valence-electron chi connectivity index (χ0n) is 10.4. The molecule has 0 radical (unpaired) electrons. The zero-order valence-corrected chi connectivity index (χ0v) is 11.3. The molecule has 2 amide bonds. The molecule has 1 heterocycles. The number of hydrogen-bond donors (Lipinski definition) is 2. The standard InChI is InChI=1S/C14H13N3OS/c1-3-11-5-4-6-12(7-11)17-14(18)16-9-13-8-15-10(2)19-13/h1,4-8H,9H2,2H3,(H2,16,17,18). The number of anilines is 1. The van der Waals surface area contributed by atoms with Crippen molar-refractivity contribution in [2.24, 2.45) is 0 Å². The molecule has 19 heavy (non-hydrogen) atoms. The highest BCUT2D eigenvalue weighted by molar-refractivity contribution is 7.11. The first kappa shape index (κ1) is 13.1. The predicted octanol–water partition coefficient (Wildman–Crippen LogP) is 2.75. The van der Waals surface area contributed by atoms with E-state index < -0.39 is 0 Å². The Hall–Kier alpha value is -2.32. The molecule has 2 aromatic rings. The maximum Gasteiger partial charge on any atom is 0.319 e. The Morgan fingerprint density at radius 1 is 1.53 bits per heavy atom. The lowest BCUT2D eigenvalue weighted by Crippen LogP contribution is -2.27. The number of aryl methyl sites for hydroxylation is 1. The summed E-state index contributed by atoms with van der Waals surface area (Å²) in [6, 6.07) is 6.88. The molecule has 96 valence electrons. The fourth-order valence-electron chi connectivity index (χ4n) is 1.52. The fourth-order valence-corrected chi connectivity index (χ4v) is 2.25. The van der Waals surface area contributed by atoms with Crippen LogP contribution in [-0.4, -0.2) is 11.0 Å². The summed E-state index contributed by atoms with van der Waals surface area (Å²) in [4.78, 5) is 16.8. The summed E-state index contributed by atoms with van der Waals surface area (Å²) in [5.74, 6) is 2.52. The number of rotatable bonds is 3. The van der Waals surface area contributed by atoms with E-state index in [4.69, 9.17) is 6.42 Å². The van der Waals surface area contributed by atoms with Crippen molar-refractivity contribution in [2.75, 3.05) is 5.32 Å². The summed E-state index contributed by atoms with van der Waals surface area (Å²) in [5, 5.41) is 6.48. The van der Waals surface area contributed by atoms with Gasteiger partial charge in [0.25, 0.3) is 0 Å². The molecular weight excluding hydrogens is 258 g/mol. The maximum absolute atomic E-state index is 11.7. The van der Waals surface area contributed by atoms with Crippen molar-refractivity contribution in [1.29, 1.82) is 0 Å². The number of amides is 2. The molecule has 2 N–H and O–H groups in total. The van der Waals surface area contributed by atoms with Crippen LogP contribution >= 0.6 is 11.3 Å². The molecule has 0 saturated heterocycles. The molecular formula is C14H13N3OS. The lowest BCUT2D eigenvalue weighted by Gasteiger charge is -2.06. The van der Waals surface area contributed by atoms with Gasteiger partial charge in [-0.05, 0) is 25.1 Å². The fraction of sp³-hybridized carbons (Fsp3) is 0.143. The Morgan fingerprint density at radius 2 is 2.37 bits per heavy atom. The second-order valence-corrected chi connectivity index (χ2v) is 5.20. The molecule has 0 aliphatic rings. The van der Waals surface area contributed by atoms with Gasteiger partial charge in [-0.25, -0.2) is 9.78 Å². The van der Waals surface area contributed by atoms with Crippen molar-refractivity contribution in [3.8, 4) is 12.3 Å². The number of benzene rings is 1. The van der Waals surface area contributed by atoms with Crippen molar-refractivity contribution in [1.82, 2.24) is 10.3 Å². The van der Waals surface area contributed by atoms with Gasteiger partial charge >= 0.3 is 6.03 Å². The number of nitrogens with one attached hydrogen (secondary N) is 2. The third-order valence-corrected chi connectivity index (χ3v) is 3.29. The minimum absolute atomic E-state index is 0.264. The van der Waals surface area contributed by atoms with Crippen LogP contribution in [0.5, 0.6) is 0 Å². The molecule has 0 aliphatic carbocycles. The van der Waals surface area contributed by atoms with Gasteiger partial charge in [0.05, 0.1) is 11.6 Å². The first-order valence-corrected chi connectivity index (χ1v) is 6.52. The predicted molar refractivity (Wildman–Crippen MR) is 77.1 cm³/mol. The molecule has 0 aliphatic heterocycles. The van der Waals surface area contributed by atoms with Crippen molar-refractivity contribution < 1.29 is 4.79 Å². The van der Waals surface area contributed by atoms with Gasteiger partial charge in [-0.1, -0.05) is 12.0 Å². The van der Waals surface area contributed by atoms with E-state index in [1.807, 2.05) is 13.0 Å². The summed E-state index contributed by atoms with van der Waals surface area (Å²) in [6.45, 7) is 2.39. The molecule has 2 rings (SSSR count). The van der Waals surface area contributed by atoms with Gasteiger partial charge in [0.15, 0.2) is 0 Å². The van der Waals surface area contributed by atoms with Gasteiger partial charge in [0.1, 0.15) is 0 Å². The number of carbonyl (C=O) groups is 1. The Labute approximate surface area is 115 Å². The number of thiazole rings is 1. The van der Waals surface area contributed by atoms with E-state index in [1.165, 1.54) is 0 Å². The van der Waals surface area contributed by atoms with E-state index in [2.05, 4.69) is 21.5 Å². The lowest BCUT2D eigenvalue weighted by atomic mass is 10.2. The highest BCUT2D eigenvalue weighted by atomic mass is 32.1. The number of aromatic nitrogens is 1. The Bertz CT molecular complexity index is 628. The quantitative estimate of drug-likeness (QED) is 0.843. The average Bonchev–Trinajstić information content (AvgIpc) is 2.82. The van der Waals surface area contributed by atoms with Crippen LogP contribution in [0.15, 0.2) is 30.5 Å². The smallest absolute Gasteiger partial charge is 0.319 e. The van der Waals surface area contributed by atoms with Crippen molar-refractivity contribution in [3.63, 3.8) is 0 Å². The van der Waals surface area contributed by atoms with E-state index in [9.17, 15) is 4.79 Å². The maximum atomic E-state index is 11.7. The summed E-state index contributed by atoms with van der Waals surface area (Å²) in [7, 11) is 0. The van der Waals surface area contributed by atoms with Crippen LogP contribution in [0.1, 0.15) is 15.4 Å². The number of urea groups is 1. The van der Waals surface area contributed by atoms with Crippen LogP contribution in [0.25, 0.3) is 0 Å². The third kappa shape index (κ3) is 3.83. The van der Waals surface area contributed by atoms with Gasteiger partial charge < -0.3 is 10.6 Å². The van der Waals surface area contributed by atoms with Gasteiger partial charge in [-0.3, -0.25) is 0 Å². The van der Waals surface area contributed by atoms with Gasteiger partial charge in [0.2, 0.25) is 0 Å². The monoisotopic (exact) mass is 271 g/mol. The van der Waals surface area contributed by atoms with Crippen molar-refractivity contribution >= 4 is 23.1 Å². The molecule has 1 aromatic carbocycles. The van der Waals surface area contributed by atoms with E-state index >= 15 is 0 Å². The lowest BCUT2D eigenvalue weighted by molar-refractivity contribution is 0.252. The largest absolute Gasteiger partial charge is 0.333 e. The van der Waals surface area contributed by atoms with Crippen LogP contribution in [0, 0.1) is 19.3 Å². The van der Waals surface area contributed by atoms with E-state index in [0.717, 1.165) is 15.4 Å². The van der Waals surface area contributed by atoms with Crippen LogP contribution < -0.4 is 10.6 Å². The molecule has 1 aromatic heterocycles. The van der Waals surface area contributed by atoms with E-state index in [1.54, 1.807) is 35.7 Å². The summed E-state index contributed by atoms with van der Waals surface area (Å²) >= 11 is 1.56. The molecule has 0 atom stereocenters. The Morgan fingerprint density at radius 3 is 3.05 bits per heavy atom. The zero-order chi connectivity index (χ0) is 13.7.